The molecule has 0 atom stereocenters. The van der Waals surface area contributed by atoms with Gasteiger partial charge in [0.05, 0.1) is 5.92 Å². The summed E-state index contributed by atoms with van der Waals surface area (Å²) in [5.74, 6) is -2.14. The minimum Gasteiger partial charge on any atom is -0.209 e. The highest BCUT2D eigenvalue weighted by Gasteiger charge is 2.24. The van der Waals surface area contributed by atoms with Gasteiger partial charge >= 0.3 is 0 Å². The van der Waals surface area contributed by atoms with Crippen molar-refractivity contribution in [2.75, 3.05) is 0 Å². The summed E-state index contributed by atoms with van der Waals surface area (Å²) >= 11 is 0. The Balaban J connectivity index is 2.39. The van der Waals surface area contributed by atoms with Crippen molar-refractivity contribution >= 4 is 0 Å². The number of rotatable bonds is 3. The van der Waals surface area contributed by atoms with Gasteiger partial charge in [0.15, 0.2) is 0 Å². The Morgan fingerprint density at radius 2 is 0.944 bits per heavy atom. The molecule has 0 nitrogen and oxygen atoms in total. The van der Waals surface area contributed by atoms with Gasteiger partial charge in [0.2, 0.25) is 6.43 Å². The highest BCUT2D eigenvalue weighted by Crippen LogP contribution is 2.30. The van der Waals surface area contributed by atoms with Crippen LogP contribution in [0.25, 0.3) is 0 Å². The van der Waals surface area contributed by atoms with Gasteiger partial charge in [0.25, 0.3) is 0 Å². The maximum atomic E-state index is 13.1. The van der Waals surface area contributed by atoms with Gasteiger partial charge in [-0.1, -0.05) is 24.3 Å². The molecule has 0 spiro atoms. The lowest BCUT2D eigenvalue weighted by Crippen LogP contribution is -2.11. The van der Waals surface area contributed by atoms with Gasteiger partial charge in [-0.2, -0.15) is 0 Å². The maximum Gasteiger partial charge on any atom is 0.249 e. The Bertz CT molecular complexity index is 457. The molecule has 0 radical (unpaired) electrons. The predicted molar refractivity (Wildman–Crippen MR) is 60.6 cm³/mol. The van der Waals surface area contributed by atoms with Crippen LogP contribution in [0.5, 0.6) is 0 Å². The van der Waals surface area contributed by atoms with Gasteiger partial charge in [0.1, 0.15) is 11.6 Å². The van der Waals surface area contributed by atoms with E-state index in [1.165, 1.54) is 24.3 Å². The lowest BCUT2D eigenvalue weighted by Gasteiger charge is -2.17. The van der Waals surface area contributed by atoms with Crippen LogP contribution in [-0.2, 0) is 0 Å². The molecular weight excluding hydrogens is 244 g/mol. The first-order chi connectivity index (χ1) is 8.58. The summed E-state index contributed by atoms with van der Waals surface area (Å²) in [6.45, 7) is 0. The Morgan fingerprint density at radius 1 is 0.611 bits per heavy atom. The van der Waals surface area contributed by atoms with E-state index in [0.29, 0.717) is 11.1 Å². The summed E-state index contributed by atoms with van der Waals surface area (Å²) in [6, 6.07) is 9.79. The molecule has 4 heteroatoms. The standard InChI is InChI=1S/C14H10F4/c15-11-5-1-9(2-6-11)13(14(17)18)10-3-7-12(16)8-4-10/h1-8,13-14H. The van der Waals surface area contributed by atoms with E-state index >= 15 is 0 Å². The number of hydrogen-bond acceptors (Lipinski definition) is 0. The molecular formula is C14H10F4. The fraction of sp³-hybridized carbons (Fsp3) is 0.143. The molecule has 2 aromatic rings. The van der Waals surface area contributed by atoms with Gasteiger partial charge in [-0.05, 0) is 35.4 Å². The molecule has 0 saturated heterocycles. The number of alkyl halides is 2. The minimum absolute atomic E-state index is 0.304. The normalized spacial score (nSPS) is 11.2. The smallest absolute Gasteiger partial charge is 0.209 e. The lowest BCUT2D eigenvalue weighted by atomic mass is 9.92. The second-order valence-electron chi connectivity index (χ2n) is 3.92. The molecule has 0 aliphatic carbocycles. The van der Waals surface area contributed by atoms with Crippen LogP contribution < -0.4 is 0 Å². The van der Waals surface area contributed by atoms with E-state index in [4.69, 9.17) is 0 Å². The van der Waals surface area contributed by atoms with Crippen LogP contribution >= 0.6 is 0 Å². The quantitative estimate of drug-likeness (QED) is 0.714. The minimum atomic E-state index is -2.64. The maximum absolute atomic E-state index is 13.1. The molecule has 2 rings (SSSR count). The molecule has 18 heavy (non-hydrogen) atoms. The molecule has 0 aliphatic heterocycles. The summed E-state index contributed by atoms with van der Waals surface area (Å²) in [6.07, 6.45) is -2.64. The van der Waals surface area contributed by atoms with E-state index in [-0.39, 0.29) is 0 Å². The highest BCUT2D eigenvalue weighted by molar-refractivity contribution is 5.33. The molecule has 94 valence electrons. The second kappa shape index (κ2) is 5.21. The SMILES string of the molecule is Fc1ccc(C(c2ccc(F)cc2)C(F)F)cc1. The van der Waals surface area contributed by atoms with Crippen molar-refractivity contribution in [1.29, 1.82) is 0 Å². The van der Waals surface area contributed by atoms with Crippen LogP contribution in [0.4, 0.5) is 17.6 Å². The van der Waals surface area contributed by atoms with E-state index in [2.05, 4.69) is 0 Å². The number of hydrogen-bond donors (Lipinski definition) is 0. The van der Waals surface area contributed by atoms with E-state index in [9.17, 15) is 17.6 Å². The monoisotopic (exact) mass is 254 g/mol. The summed E-state index contributed by atoms with van der Waals surface area (Å²) in [5, 5.41) is 0. The van der Waals surface area contributed by atoms with Crippen LogP contribution in [-0.4, -0.2) is 6.43 Å². The summed E-state index contributed by atoms with van der Waals surface area (Å²) in [7, 11) is 0. The van der Waals surface area contributed by atoms with E-state index in [1.54, 1.807) is 0 Å². The molecule has 2 aromatic carbocycles. The first-order valence-corrected chi connectivity index (χ1v) is 5.37. The molecule has 0 aromatic heterocycles. The van der Waals surface area contributed by atoms with Crippen molar-refractivity contribution in [1.82, 2.24) is 0 Å². The van der Waals surface area contributed by atoms with Gasteiger partial charge in [0, 0.05) is 0 Å². The van der Waals surface area contributed by atoms with Crippen LogP contribution in [0.3, 0.4) is 0 Å². The third-order valence-corrected chi connectivity index (χ3v) is 2.71. The van der Waals surface area contributed by atoms with Gasteiger partial charge in [-0.25, -0.2) is 17.6 Å². The van der Waals surface area contributed by atoms with Crippen molar-refractivity contribution in [2.24, 2.45) is 0 Å². The van der Waals surface area contributed by atoms with Crippen LogP contribution in [0.1, 0.15) is 17.0 Å². The zero-order valence-corrected chi connectivity index (χ0v) is 9.29. The molecule has 0 bridgehead atoms. The molecule has 0 aliphatic rings. The van der Waals surface area contributed by atoms with Crippen LogP contribution in [0.2, 0.25) is 0 Å². The fourth-order valence-electron chi connectivity index (χ4n) is 1.82. The zero-order chi connectivity index (χ0) is 13.1. The Labute approximate surface area is 102 Å². The van der Waals surface area contributed by atoms with Crippen molar-refractivity contribution in [3.63, 3.8) is 0 Å². The summed E-state index contributed by atoms with van der Waals surface area (Å²) < 4.78 is 51.7. The number of benzene rings is 2. The average molecular weight is 254 g/mol. The molecule has 0 unspecified atom stereocenters. The van der Waals surface area contributed by atoms with E-state index in [1.807, 2.05) is 0 Å². The van der Waals surface area contributed by atoms with Crippen LogP contribution in [0.15, 0.2) is 48.5 Å². The van der Waals surface area contributed by atoms with E-state index in [0.717, 1.165) is 24.3 Å². The Hall–Kier alpha value is -1.84. The molecule has 0 saturated carbocycles. The highest BCUT2D eigenvalue weighted by atomic mass is 19.3. The van der Waals surface area contributed by atoms with Gasteiger partial charge < -0.3 is 0 Å². The summed E-state index contributed by atoms with van der Waals surface area (Å²) in [4.78, 5) is 0. The first kappa shape index (κ1) is 12.6. The van der Waals surface area contributed by atoms with Crippen LogP contribution in [0, 0.1) is 11.6 Å². The van der Waals surface area contributed by atoms with Crippen molar-refractivity contribution in [3.05, 3.63) is 71.3 Å². The van der Waals surface area contributed by atoms with Gasteiger partial charge in [-0.3, -0.25) is 0 Å². The molecule has 0 heterocycles. The molecule has 0 amide bonds. The fourth-order valence-corrected chi connectivity index (χ4v) is 1.82. The zero-order valence-electron chi connectivity index (χ0n) is 9.29. The Morgan fingerprint density at radius 3 is 1.22 bits per heavy atom. The average Bonchev–Trinajstić information content (AvgIpc) is 2.34. The van der Waals surface area contributed by atoms with Gasteiger partial charge in [-0.15, -0.1) is 0 Å². The third-order valence-electron chi connectivity index (χ3n) is 2.71. The predicted octanol–water partition coefficient (Wildman–Crippen LogP) is 4.36. The molecule has 0 N–H and O–H groups in total. The summed E-state index contributed by atoms with van der Waals surface area (Å²) in [5.41, 5.74) is 0.607. The Kier molecular flexibility index (Phi) is 3.65. The van der Waals surface area contributed by atoms with Crippen molar-refractivity contribution in [2.45, 2.75) is 12.3 Å². The lowest BCUT2D eigenvalue weighted by molar-refractivity contribution is 0.129. The second-order valence-corrected chi connectivity index (χ2v) is 3.92. The largest absolute Gasteiger partial charge is 0.249 e. The first-order valence-electron chi connectivity index (χ1n) is 5.37. The number of halogens is 4. The topological polar surface area (TPSA) is 0 Å². The van der Waals surface area contributed by atoms with Crippen molar-refractivity contribution in [3.8, 4) is 0 Å². The van der Waals surface area contributed by atoms with E-state index < -0.39 is 24.0 Å². The third kappa shape index (κ3) is 2.70. The molecule has 0 fully saturated rings. The van der Waals surface area contributed by atoms with Crippen molar-refractivity contribution < 1.29 is 17.6 Å².